The van der Waals surface area contributed by atoms with Gasteiger partial charge in [-0.05, 0) is 17.4 Å². The van der Waals surface area contributed by atoms with Gasteiger partial charge in [-0.3, -0.25) is 0 Å². The van der Waals surface area contributed by atoms with Crippen LogP contribution in [0.1, 0.15) is 20.8 Å². The summed E-state index contributed by atoms with van der Waals surface area (Å²) < 4.78 is 23.9. The number of nitrogens with zero attached hydrogens (tertiary/aromatic N) is 3. The van der Waals surface area contributed by atoms with Gasteiger partial charge in [-0.1, -0.05) is 25.9 Å². The monoisotopic (exact) mass is 244 g/mol. The molecule has 17 heavy (non-hydrogen) atoms. The van der Waals surface area contributed by atoms with Crippen molar-refractivity contribution in [3.05, 3.63) is 10.4 Å². The molecule has 0 bridgehead atoms. The molecule has 0 aromatic heterocycles. The first kappa shape index (κ1) is 14.2. The lowest BCUT2D eigenvalue weighted by Gasteiger charge is -2.42. The Morgan fingerprint density at radius 2 is 2.00 bits per heavy atom. The molecule has 1 heterocycles. The Kier molecular flexibility index (Phi) is 5.68. The summed E-state index contributed by atoms with van der Waals surface area (Å²) in [6.45, 7) is 6.21. The molecule has 98 valence electrons. The summed E-state index contributed by atoms with van der Waals surface area (Å²) >= 11 is 0. The molecule has 1 aliphatic heterocycles. The van der Waals surface area contributed by atoms with Gasteiger partial charge in [0.25, 0.3) is 0 Å². The second-order valence-corrected chi connectivity index (χ2v) is 4.60. The summed E-state index contributed by atoms with van der Waals surface area (Å²) in [4.78, 5) is 2.64. The van der Waals surface area contributed by atoms with Crippen molar-refractivity contribution in [2.24, 2.45) is 22.9 Å². The van der Waals surface area contributed by atoms with Gasteiger partial charge in [0.2, 0.25) is 0 Å². The highest BCUT2D eigenvalue weighted by atomic mass is 18.2. The number of hydrogen-bond acceptors (Lipinski definition) is 3. The summed E-state index contributed by atoms with van der Waals surface area (Å²) in [5, 5.41) is 3.38. The van der Waals surface area contributed by atoms with Crippen molar-refractivity contribution in [1.29, 1.82) is 0 Å². The number of rotatable bonds is 5. The Labute approximate surface area is 101 Å². The number of hydrogen-bond donors (Lipinski definition) is 0. The molecule has 6 heteroatoms. The van der Waals surface area contributed by atoms with Crippen LogP contribution in [-0.4, -0.2) is 32.2 Å². The topological polar surface area (TPSA) is 67.2 Å². The van der Waals surface area contributed by atoms with Crippen molar-refractivity contribution in [1.82, 2.24) is 0 Å². The third-order valence-electron chi connectivity index (χ3n) is 3.67. The van der Waals surface area contributed by atoms with Crippen LogP contribution in [0.15, 0.2) is 5.11 Å². The van der Waals surface area contributed by atoms with Crippen LogP contribution in [0.25, 0.3) is 10.4 Å². The van der Waals surface area contributed by atoms with Crippen molar-refractivity contribution < 1.29 is 13.9 Å². The lowest BCUT2D eigenvalue weighted by molar-refractivity contribution is -0.249. The zero-order valence-electron chi connectivity index (χ0n) is 10.5. The number of azide groups is 1. The Bertz CT molecular complexity index is 282. The van der Waals surface area contributed by atoms with E-state index in [0.717, 1.165) is 0 Å². The van der Waals surface area contributed by atoms with E-state index < -0.39 is 19.1 Å². The molecule has 0 saturated carbocycles. The Balaban J connectivity index is 2.50. The quantitative estimate of drug-likeness (QED) is 0.323. The maximum absolute atomic E-state index is 12.8. The van der Waals surface area contributed by atoms with E-state index >= 15 is 0 Å². The van der Waals surface area contributed by atoms with E-state index in [0.29, 0.717) is 12.5 Å². The van der Waals surface area contributed by atoms with Crippen LogP contribution in [-0.2, 0) is 9.47 Å². The van der Waals surface area contributed by atoms with E-state index in [1.54, 1.807) is 0 Å². The van der Waals surface area contributed by atoms with Gasteiger partial charge in [-0.15, -0.1) is 0 Å². The fourth-order valence-corrected chi connectivity index (χ4v) is 2.11. The van der Waals surface area contributed by atoms with Crippen molar-refractivity contribution in [2.45, 2.75) is 33.2 Å². The highest BCUT2D eigenvalue weighted by Crippen LogP contribution is 2.35. The zero-order chi connectivity index (χ0) is 12.8. The molecule has 0 aromatic carbocycles. The molecule has 0 aromatic rings. The molecule has 0 amide bonds. The van der Waals surface area contributed by atoms with Gasteiger partial charge in [0, 0.05) is 17.4 Å². The van der Waals surface area contributed by atoms with Gasteiger partial charge in [0.05, 0.1) is 12.7 Å². The van der Waals surface area contributed by atoms with Crippen LogP contribution >= 0.6 is 0 Å². The van der Waals surface area contributed by atoms with Gasteiger partial charge in [-0.25, -0.2) is 4.39 Å². The molecule has 2 unspecified atom stereocenters. The van der Waals surface area contributed by atoms with Crippen LogP contribution in [0.4, 0.5) is 4.39 Å². The maximum atomic E-state index is 12.8. The Morgan fingerprint density at radius 1 is 1.29 bits per heavy atom. The molecule has 1 aliphatic rings. The molecule has 1 rings (SSSR count). The zero-order valence-corrected chi connectivity index (χ0v) is 10.5. The number of ether oxygens (including phenoxy) is 2. The first-order valence-electron chi connectivity index (χ1n) is 5.95. The average molecular weight is 244 g/mol. The summed E-state index contributed by atoms with van der Waals surface area (Å²) in [5.74, 6) is 0.736. The van der Waals surface area contributed by atoms with Crippen molar-refractivity contribution in [2.75, 3.05) is 19.8 Å². The normalized spacial score (nSPS) is 37.5. The van der Waals surface area contributed by atoms with Crippen molar-refractivity contribution in [3.8, 4) is 0 Å². The SMILES string of the molecule is CC1[C@H](OCCN=[N+]=[N-])OC(C[18F])[C@@H](C)[C@@H]1C. The Hall–Kier alpha value is -0.840. The molecule has 5 atom stereocenters. The van der Waals surface area contributed by atoms with Crippen molar-refractivity contribution >= 4 is 0 Å². The highest BCUT2D eigenvalue weighted by molar-refractivity contribution is 4.82. The molecule has 0 N–H and O–H groups in total. The third-order valence-corrected chi connectivity index (χ3v) is 3.67. The van der Waals surface area contributed by atoms with E-state index in [1.165, 1.54) is 0 Å². The first-order valence-corrected chi connectivity index (χ1v) is 5.95. The van der Waals surface area contributed by atoms with Crippen molar-refractivity contribution in [3.63, 3.8) is 0 Å². The minimum Gasteiger partial charge on any atom is -0.352 e. The maximum Gasteiger partial charge on any atom is 0.160 e. The van der Waals surface area contributed by atoms with E-state index in [4.69, 9.17) is 15.0 Å². The smallest absolute Gasteiger partial charge is 0.160 e. The summed E-state index contributed by atoms with van der Waals surface area (Å²) in [7, 11) is 0. The average Bonchev–Trinajstić information content (AvgIpc) is 2.34. The molecule has 1 fully saturated rings. The second-order valence-electron chi connectivity index (χ2n) is 4.60. The summed E-state index contributed by atoms with van der Waals surface area (Å²) in [6, 6.07) is 0. The molecular weight excluding hydrogens is 224 g/mol. The summed E-state index contributed by atoms with van der Waals surface area (Å²) in [6.07, 6.45) is -0.804. The predicted molar refractivity (Wildman–Crippen MR) is 62.1 cm³/mol. The van der Waals surface area contributed by atoms with E-state index in [2.05, 4.69) is 16.9 Å². The molecule has 1 saturated heterocycles. The molecule has 5 nitrogen and oxygen atoms in total. The Morgan fingerprint density at radius 3 is 2.59 bits per heavy atom. The third kappa shape index (κ3) is 3.56. The van der Waals surface area contributed by atoms with E-state index in [-0.39, 0.29) is 18.4 Å². The van der Waals surface area contributed by atoms with Gasteiger partial charge < -0.3 is 9.47 Å². The minimum atomic E-state index is -0.492. The van der Waals surface area contributed by atoms with Gasteiger partial charge in [0.15, 0.2) is 6.29 Å². The van der Waals surface area contributed by atoms with Crippen LogP contribution in [0.3, 0.4) is 0 Å². The van der Waals surface area contributed by atoms with Gasteiger partial charge >= 0.3 is 0 Å². The van der Waals surface area contributed by atoms with Crippen LogP contribution in [0, 0.1) is 17.8 Å². The van der Waals surface area contributed by atoms with E-state index in [1.807, 2.05) is 13.8 Å². The molecule has 0 radical (unpaired) electrons. The van der Waals surface area contributed by atoms with Crippen LogP contribution in [0.5, 0.6) is 0 Å². The largest absolute Gasteiger partial charge is 0.352 e. The van der Waals surface area contributed by atoms with E-state index in [9.17, 15) is 4.39 Å². The van der Waals surface area contributed by atoms with Crippen LogP contribution < -0.4 is 0 Å². The lowest BCUT2D eigenvalue weighted by atomic mass is 9.79. The minimum absolute atomic E-state index is 0.187. The fourth-order valence-electron chi connectivity index (χ4n) is 2.11. The molecule has 0 spiro atoms. The van der Waals surface area contributed by atoms with Gasteiger partial charge in [0.1, 0.15) is 6.67 Å². The predicted octanol–water partition coefficient (Wildman–Crippen LogP) is 2.92. The molecular formula is C11H20FN3O2. The number of alkyl halides is 1. The fraction of sp³-hybridized carbons (Fsp3) is 1.00. The summed E-state index contributed by atoms with van der Waals surface area (Å²) in [5.41, 5.74) is 8.13. The highest BCUT2D eigenvalue weighted by Gasteiger charge is 2.39. The lowest BCUT2D eigenvalue weighted by Crippen LogP contribution is -2.46. The molecule has 0 aliphatic carbocycles. The first-order chi connectivity index (χ1) is 8.11. The second kappa shape index (κ2) is 6.79. The van der Waals surface area contributed by atoms with Gasteiger partial charge in [-0.2, -0.15) is 0 Å². The van der Waals surface area contributed by atoms with Crippen LogP contribution in [0.2, 0.25) is 0 Å². The standard InChI is InChI=1S/C11H20FN3O2/c1-7-8(2)10(6-12)17-11(9(7)3)16-5-4-14-15-13/h7-11H,4-6H2,1-3H3/t7-,8-,9?,10?,11+/m0/s1/i12-1. The number of halogens is 1.